The van der Waals surface area contributed by atoms with Crippen LogP contribution in [0, 0.1) is 5.82 Å². The molecule has 0 heterocycles. The lowest BCUT2D eigenvalue weighted by Gasteiger charge is -2.25. The molecule has 0 aromatic heterocycles. The Labute approximate surface area is 135 Å². The lowest BCUT2D eigenvalue weighted by molar-refractivity contribution is -0.160. The monoisotopic (exact) mass is 323 g/mol. The number of carbonyl (C=O) groups is 2. The van der Waals surface area contributed by atoms with Gasteiger partial charge in [0.2, 0.25) is 0 Å². The van der Waals surface area contributed by atoms with E-state index in [0.29, 0.717) is 0 Å². The summed E-state index contributed by atoms with van der Waals surface area (Å²) in [6.07, 6.45) is 0.758. The van der Waals surface area contributed by atoms with Crippen LogP contribution >= 0.6 is 0 Å². The Morgan fingerprint density at radius 2 is 1.91 bits per heavy atom. The van der Waals surface area contributed by atoms with Crippen molar-refractivity contribution < 1.29 is 23.5 Å². The number of likely N-dealkylation sites (N-methyl/N-ethyl adjacent to an activating group) is 1. The minimum atomic E-state index is -0.763. The van der Waals surface area contributed by atoms with E-state index in [0.717, 1.165) is 5.56 Å². The van der Waals surface area contributed by atoms with Gasteiger partial charge in [0, 0.05) is 7.05 Å². The van der Waals surface area contributed by atoms with Crippen LogP contribution < -0.4 is 0 Å². The van der Waals surface area contributed by atoms with Gasteiger partial charge in [0.25, 0.3) is 5.91 Å². The summed E-state index contributed by atoms with van der Waals surface area (Å²) in [6, 6.07) is 5.63. The lowest BCUT2D eigenvalue weighted by Crippen LogP contribution is -2.35. The van der Waals surface area contributed by atoms with Crippen molar-refractivity contribution >= 4 is 11.9 Å². The fourth-order valence-electron chi connectivity index (χ4n) is 1.81. The molecule has 1 rings (SSSR count). The van der Waals surface area contributed by atoms with Crippen molar-refractivity contribution in [2.75, 3.05) is 20.3 Å². The Morgan fingerprint density at radius 3 is 2.48 bits per heavy atom. The molecule has 0 aliphatic heterocycles. The van der Waals surface area contributed by atoms with Crippen molar-refractivity contribution in [1.29, 1.82) is 0 Å². The number of nitrogens with zero attached hydrogens (tertiary/aromatic N) is 1. The van der Waals surface area contributed by atoms with Crippen LogP contribution in [0.2, 0.25) is 0 Å². The minimum absolute atomic E-state index is 0.228. The Morgan fingerprint density at radius 1 is 1.30 bits per heavy atom. The molecule has 0 aliphatic carbocycles. The molecule has 0 fully saturated rings. The first-order chi connectivity index (χ1) is 10.9. The van der Waals surface area contributed by atoms with Gasteiger partial charge in [-0.1, -0.05) is 18.2 Å². The van der Waals surface area contributed by atoms with Crippen LogP contribution in [-0.2, 0) is 19.1 Å². The molecule has 6 heteroatoms. The fraction of sp³-hybridized carbons (Fsp3) is 0.412. The van der Waals surface area contributed by atoms with Crippen molar-refractivity contribution in [2.24, 2.45) is 0 Å². The summed E-state index contributed by atoms with van der Waals surface area (Å²) in [5, 5.41) is 0. The lowest BCUT2D eigenvalue weighted by atomic mass is 10.1. The Bertz CT molecular complexity index is 544. The van der Waals surface area contributed by atoms with Crippen molar-refractivity contribution in [1.82, 2.24) is 4.90 Å². The van der Waals surface area contributed by atoms with Crippen molar-refractivity contribution in [2.45, 2.75) is 26.0 Å². The van der Waals surface area contributed by atoms with Gasteiger partial charge in [-0.15, -0.1) is 6.58 Å². The minimum Gasteiger partial charge on any atom is -0.454 e. The number of hydrogen-bond donors (Lipinski definition) is 0. The van der Waals surface area contributed by atoms with Gasteiger partial charge in [0.15, 0.2) is 12.7 Å². The van der Waals surface area contributed by atoms with Crippen LogP contribution in [0.4, 0.5) is 4.39 Å². The largest absolute Gasteiger partial charge is 0.454 e. The zero-order valence-electron chi connectivity index (χ0n) is 13.6. The normalized spacial score (nSPS) is 13.0. The average Bonchev–Trinajstić information content (AvgIpc) is 2.56. The van der Waals surface area contributed by atoms with Crippen LogP contribution in [0.3, 0.4) is 0 Å². The molecule has 0 saturated carbocycles. The first-order valence-corrected chi connectivity index (χ1v) is 7.27. The second-order valence-electron chi connectivity index (χ2n) is 5.10. The molecule has 0 radical (unpaired) electrons. The molecule has 2 atom stereocenters. The first-order valence-electron chi connectivity index (χ1n) is 7.27. The third-order valence-electron chi connectivity index (χ3n) is 3.46. The molecule has 1 amide bonds. The highest BCUT2D eigenvalue weighted by Gasteiger charge is 2.21. The Hall–Kier alpha value is -2.21. The van der Waals surface area contributed by atoms with Crippen molar-refractivity contribution in [3.05, 3.63) is 48.3 Å². The second kappa shape index (κ2) is 9.05. The van der Waals surface area contributed by atoms with E-state index in [2.05, 4.69) is 6.58 Å². The zero-order valence-corrected chi connectivity index (χ0v) is 13.6. The quantitative estimate of drug-likeness (QED) is 0.545. The van der Waals surface area contributed by atoms with Gasteiger partial charge in [-0.25, -0.2) is 9.18 Å². The van der Waals surface area contributed by atoms with Gasteiger partial charge in [-0.3, -0.25) is 4.79 Å². The number of hydrogen-bond acceptors (Lipinski definition) is 4. The van der Waals surface area contributed by atoms with Crippen molar-refractivity contribution in [3.8, 4) is 0 Å². The maximum absolute atomic E-state index is 12.9. The molecule has 1 aromatic rings. The van der Waals surface area contributed by atoms with Gasteiger partial charge in [-0.05, 0) is 31.5 Å². The van der Waals surface area contributed by atoms with Crippen LogP contribution in [0.1, 0.15) is 25.5 Å². The predicted molar refractivity (Wildman–Crippen MR) is 84.2 cm³/mol. The number of amides is 1. The molecule has 1 aromatic carbocycles. The van der Waals surface area contributed by atoms with E-state index in [4.69, 9.17) is 9.47 Å². The highest BCUT2D eigenvalue weighted by atomic mass is 19.1. The highest BCUT2D eigenvalue weighted by Crippen LogP contribution is 2.19. The number of ether oxygens (including phenoxy) is 2. The van der Waals surface area contributed by atoms with Crippen LogP contribution in [-0.4, -0.2) is 43.1 Å². The molecule has 0 saturated heterocycles. The van der Waals surface area contributed by atoms with Gasteiger partial charge >= 0.3 is 5.97 Å². The molecule has 23 heavy (non-hydrogen) atoms. The standard InChI is InChI=1S/C17H22FNO4/c1-5-10-22-13(3)17(21)23-11-16(20)19(4)12(2)14-6-8-15(18)9-7-14/h5-9,12-13H,1,10-11H2,2-4H3. The summed E-state index contributed by atoms with van der Waals surface area (Å²) in [4.78, 5) is 25.2. The van der Waals surface area contributed by atoms with Gasteiger partial charge in [-0.2, -0.15) is 0 Å². The smallest absolute Gasteiger partial charge is 0.335 e. The Kier molecular flexibility index (Phi) is 7.41. The summed E-state index contributed by atoms with van der Waals surface area (Å²) in [5.74, 6) is -1.30. The highest BCUT2D eigenvalue weighted by molar-refractivity contribution is 5.82. The van der Waals surface area contributed by atoms with Gasteiger partial charge < -0.3 is 14.4 Å². The maximum Gasteiger partial charge on any atom is 0.335 e. The summed E-state index contributed by atoms with van der Waals surface area (Å²) < 4.78 is 23.0. The summed E-state index contributed by atoms with van der Waals surface area (Å²) in [7, 11) is 1.60. The second-order valence-corrected chi connectivity index (χ2v) is 5.10. The summed E-state index contributed by atoms with van der Waals surface area (Å²) in [6.45, 7) is 6.69. The predicted octanol–water partition coefficient (Wildman–Crippen LogP) is 2.48. The number of rotatable bonds is 8. The van der Waals surface area contributed by atoms with Gasteiger partial charge in [0.05, 0.1) is 12.6 Å². The average molecular weight is 323 g/mol. The van der Waals surface area contributed by atoms with Crippen molar-refractivity contribution in [3.63, 3.8) is 0 Å². The third-order valence-corrected chi connectivity index (χ3v) is 3.46. The number of esters is 1. The number of benzene rings is 1. The molecular formula is C17H22FNO4. The number of carbonyl (C=O) groups excluding carboxylic acids is 2. The fourth-order valence-corrected chi connectivity index (χ4v) is 1.81. The maximum atomic E-state index is 12.9. The molecule has 0 spiro atoms. The van der Waals surface area contributed by atoms with E-state index in [-0.39, 0.29) is 31.0 Å². The van der Waals surface area contributed by atoms with Crippen LogP contribution in [0.25, 0.3) is 0 Å². The Balaban J connectivity index is 2.51. The summed E-state index contributed by atoms with van der Waals surface area (Å²) in [5.41, 5.74) is 0.788. The SMILES string of the molecule is C=CCOC(C)C(=O)OCC(=O)N(C)C(C)c1ccc(F)cc1. The van der Waals surface area contributed by atoms with E-state index >= 15 is 0 Å². The third kappa shape index (κ3) is 5.83. The van der Waals surface area contributed by atoms with E-state index < -0.39 is 12.1 Å². The van der Waals surface area contributed by atoms with E-state index in [1.54, 1.807) is 26.1 Å². The summed E-state index contributed by atoms with van der Waals surface area (Å²) >= 11 is 0. The van der Waals surface area contributed by atoms with E-state index in [1.807, 2.05) is 6.92 Å². The first kappa shape index (κ1) is 18.8. The number of halogens is 1. The molecule has 0 bridgehead atoms. The van der Waals surface area contributed by atoms with E-state index in [1.165, 1.54) is 23.1 Å². The molecular weight excluding hydrogens is 301 g/mol. The van der Waals surface area contributed by atoms with E-state index in [9.17, 15) is 14.0 Å². The van der Waals surface area contributed by atoms with Crippen LogP contribution in [0.5, 0.6) is 0 Å². The molecule has 5 nitrogen and oxygen atoms in total. The molecule has 0 aliphatic rings. The zero-order chi connectivity index (χ0) is 17.4. The topological polar surface area (TPSA) is 55.8 Å². The molecule has 0 N–H and O–H groups in total. The molecule has 126 valence electrons. The van der Waals surface area contributed by atoms with Crippen LogP contribution in [0.15, 0.2) is 36.9 Å². The van der Waals surface area contributed by atoms with Gasteiger partial charge in [0.1, 0.15) is 5.82 Å². The molecule has 2 unspecified atom stereocenters.